The van der Waals surface area contributed by atoms with Crippen LogP contribution in [0.5, 0.6) is 0 Å². The summed E-state index contributed by atoms with van der Waals surface area (Å²) in [4.78, 5) is 27.3. The number of amides is 2. The number of nitrogens with zero attached hydrogens (tertiary/aromatic N) is 1. The molecule has 9 rings (SSSR count). The number of imide groups is 1. The molecule has 0 fully saturated rings. The molecule has 0 aromatic heterocycles. The van der Waals surface area contributed by atoms with Gasteiger partial charge in [0.2, 0.25) is 0 Å². The number of hydrogen-bond donors (Lipinski definition) is 0. The largest absolute Gasteiger partial charge is 0.277 e. The number of benzene rings is 8. The zero-order valence-electron chi connectivity index (χ0n) is 23.8. The van der Waals surface area contributed by atoms with Gasteiger partial charge in [-0.25, -0.2) is 0 Å². The van der Waals surface area contributed by atoms with E-state index >= 15 is 0 Å². The van der Waals surface area contributed by atoms with Crippen molar-refractivity contribution < 1.29 is 42.3 Å². The molecule has 2 amide bonds. The van der Waals surface area contributed by atoms with E-state index in [-0.39, 0.29) is 44.5 Å². The summed E-state index contributed by atoms with van der Waals surface area (Å²) in [5.74, 6) is -0.484. The summed E-state index contributed by atoms with van der Waals surface area (Å²) in [6.45, 7) is 8.00. The van der Waals surface area contributed by atoms with Crippen molar-refractivity contribution in [1.29, 1.82) is 0 Å². The van der Waals surface area contributed by atoms with Crippen LogP contribution in [0.15, 0.2) is 78.9 Å². The first-order chi connectivity index (χ1) is 19.6. The Hall–Kier alpha value is -3.66. The van der Waals surface area contributed by atoms with Crippen LogP contribution in [-0.2, 0) is 32.7 Å². The smallest absolute Gasteiger partial charge is 0.261 e. The predicted octanol–water partition coefficient (Wildman–Crippen LogP) is 9.71. The van der Waals surface area contributed by atoms with Gasteiger partial charge in [0.25, 0.3) is 11.8 Å². The average molecular weight is 608 g/mol. The average Bonchev–Trinajstić information content (AvgIpc) is 3.02. The molecule has 3 nitrogen and oxygen atoms in total. The van der Waals surface area contributed by atoms with Gasteiger partial charge in [-0.3, -0.25) is 14.5 Å². The van der Waals surface area contributed by atoms with Gasteiger partial charge in [0.05, 0.1) is 0 Å². The Labute approximate surface area is 263 Å². The maximum Gasteiger partial charge on any atom is 0.261 e. The third kappa shape index (κ3) is 3.40. The fourth-order valence-electron chi connectivity index (χ4n) is 6.86. The molecule has 0 bridgehead atoms. The van der Waals surface area contributed by atoms with Gasteiger partial charge >= 0.3 is 0 Å². The predicted molar refractivity (Wildman–Crippen MR) is 169 cm³/mol. The van der Waals surface area contributed by atoms with Crippen molar-refractivity contribution in [3.8, 4) is 0 Å². The number of hydrogen-bond acceptors (Lipinski definition) is 2. The van der Waals surface area contributed by atoms with E-state index in [1.165, 1.54) is 42.6 Å². The molecule has 197 valence electrons. The van der Waals surface area contributed by atoms with Gasteiger partial charge in [-0.1, -0.05) is 86.3 Å². The second-order valence-electron chi connectivity index (χ2n) is 9.93. The first-order valence-electron chi connectivity index (χ1n) is 14.1. The maximum atomic E-state index is 13.0. The zero-order chi connectivity index (χ0) is 27.9. The monoisotopic (exact) mass is 607 g/mol. The van der Waals surface area contributed by atoms with Crippen LogP contribution in [0.1, 0.15) is 48.4 Å². The second-order valence-corrected chi connectivity index (χ2v) is 9.93. The molecule has 0 saturated heterocycles. The number of rotatable bonds is 0. The van der Waals surface area contributed by atoms with Crippen molar-refractivity contribution in [3.05, 3.63) is 96.1 Å². The molecule has 0 saturated carbocycles. The van der Waals surface area contributed by atoms with E-state index in [9.17, 15) is 9.59 Å². The summed E-state index contributed by atoms with van der Waals surface area (Å²) >= 11 is 0. The molecule has 1 heterocycles. The van der Waals surface area contributed by atoms with E-state index in [4.69, 9.17) is 0 Å². The standard InChI is InChI=1S/C33H16NO2.2C2H6.Y/c1-34-32(35)25-14-12-23-21-10-8-19-17-6-2-4-16-5-3-7-18(27(16)17)20-9-11-22(29(21)28(19)20)24-13-15-26(33(34)36)31(25)30(23)24;2*1-2;/h2-4,6-15H,1H3;2*1-2H3;/q-1;;;. The second kappa shape index (κ2) is 10.0. The minimum Gasteiger partial charge on any atom is -0.277 e. The molecule has 8 aromatic rings. The first kappa shape index (κ1) is 27.5. The van der Waals surface area contributed by atoms with Crippen molar-refractivity contribution in [1.82, 2.24) is 4.90 Å². The molecule has 0 unspecified atom stereocenters. The Morgan fingerprint density at radius 3 is 1.37 bits per heavy atom. The number of carbonyl (C=O) groups excluding carboxylic acids is 2. The molecule has 41 heavy (non-hydrogen) atoms. The molecule has 4 heteroatoms. The van der Waals surface area contributed by atoms with Crippen LogP contribution in [0, 0.1) is 6.07 Å². The molecule has 1 aliphatic rings. The zero-order valence-corrected chi connectivity index (χ0v) is 26.7. The third-order valence-corrected chi connectivity index (χ3v) is 8.37. The summed E-state index contributed by atoms with van der Waals surface area (Å²) in [5, 5.41) is 16.1. The van der Waals surface area contributed by atoms with E-state index in [0.29, 0.717) is 11.1 Å². The quantitative estimate of drug-likeness (QED) is 0.0745. The van der Waals surface area contributed by atoms with Crippen molar-refractivity contribution in [2.24, 2.45) is 0 Å². The SMILES string of the molecule is CC.CC.CN1C(=O)c2ccc3c4ccc5c6cc[c-]c7cccc(c8ccc(c9ccc(c2c39)C1=O)c4c58)c76.[Y]. The van der Waals surface area contributed by atoms with Gasteiger partial charge in [-0.15, -0.1) is 35.7 Å². The van der Waals surface area contributed by atoms with Crippen LogP contribution in [0.2, 0.25) is 0 Å². The number of fused-ring (bicyclic) bond motifs is 4. The van der Waals surface area contributed by atoms with E-state index in [1.807, 2.05) is 45.9 Å². The molecule has 1 radical (unpaired) electrons. The summed E-state index contributed by atoms with van der Waals surface area (Å²) in [6, 6.07) is 30.9. The Bertz CT molecular complexity index is 2170. The van der Waals surface area contributed by atoms with Gasteiger partial charge in [-0.2, -0.15) is 0 Å². The Kier molecular flexibility index (Phi) is 6.72. The third-order valence-electron chi connectivity index (χ3n) is 8.37. The Morgan fingerprint density at radius 2 is 0.878 bits per heavy atom. The summed E-state index contributed by atoms with van der Waals surface area (Å²) in [6.07, 6.45) is 0. The first-order valence-corrected chi connectivity index (χ1v) is 14.1. The maximum absolute atomic E-state index is 13.0. The Morgan fingerprint density at radius 1 is 0.488 bits per heavy atom. The summed E-state index contributed by atoms with van der Waals surface area (Å²) in [5.41, 5.74) is 1.19. The van der Waals surface area contributed by atoms with E-state index in [1.54, 1.807) is 7.05 Å². The molecule has 0 spiro atoms. The molecular weight excluding hydrogens is 579 g/mol. The molecular formula is C37H28NO2Y-. The molecule has 0 aliphatic carbocycles. The normalized spacial score (nSPS) is 12.9. The number of carbonyl (C=O) groups is 2. The van der Waals surface area contributed by atoms with Gasteiger partial charge in [0.15, 0.2) is 0 Å². The van der Waals surface area contributed by atoms with Gasteiger partial charge in [-0.05, 0) is 60.6 Å². The molecule has 8 aromatic carbocycles. The van der Waals surface area contributed by atoms with Crippen molar-refractivity contribution in [3.63, 3.8) is 0 Å². The van der Waals surface area contributed by atoms with Crippen LogP contribution in [0.3, 0.4) is 0 Å². The van der Waals surface area contributed by atoms with Crippen molar-refractivity contribution in [2.75, 3.05) is 7.05 Å². The molecule has 1 aliphatic heterocycles. The fraction of sp³-hybridized carbons (Fsp3) is 0.135. The van der Waals surface area contributed by atoms with Crippen LogP contribution >= 0.6 is 0 Å². The topological polar surface area (TPSA) is 37.4 Å². The van der Waals surface area contributed by atoms with Crippen LogP contribution < -0.4 is 0 Å². The van der Waals surface area contributed by atoms with E-state index in [0.717, 1.165) is 37.7 Å². The summed E-state index contributed by atoms with van der Waals surface area (Å²) in [7, 11) is 1.56. The fourth-order valence-corrected chi connectivity index (χ4v) is 6.86. The van der Waals surface area contributed by atoms with Crippen LogP contribution in [0.25, 0.3) is 75.4 Å². The summed E-state index contributed by atoms with van der Waals surface area (Å²) < 4.78 is 0. The van der Waals surface area contributed by atoms with Gasteiger partial charge in [0.1, 0.15) is 0 Å². The van der Waals surface area contributed by atoms with E-state index in [2.05, 4.69) is 66.7 Å². The molecule has 0 atom stereocenters. The van der Waals surface area contributed by atoms with Gasteiger partial charge < -0.3 is 0 Å². The van der Waals surface area contributed by atoms with Crippen LogP contribution in [0.4, 0.5) is 0 Å². The minimum atomic E-state index is -0.242. The minimum absolute atomic E-state index is 0. The molecule has 0 N–H and O–H groups in total. The van der Waals surface area contributed by atoms with E-state index < -0.39 is 0 Å². The van der Waals surface area contributed by atoms with Crippen molar-refractivity contribution in [2.45, 2.75) is 27.7 Å². The van der Waals surface area contributed by atoms with Crippen molar-refractivity contribution >= 4 is 87.2 Å². The van der Waals surface area contributed by atoms with Crippen LogP contribution in [-0.4, -0.2) is 23.8 Å². The van der Waals surface area contributed by atoms with Gasteiger partial charge in [0, 0.05) is 56.3 Å². The Balaban J connectivity index is 0.000000582.